The Labute approximate surface area is 116 Å². The maximum Gasteiger partial charge on any atom is 0.147 e. The lowest BCUT2D eigenvalue weighted by Gasteiger charge is -2.08. The molecule has 0 saturated heterocycles. The molecule has 0 radical (unpaired) electrons. The predicted octanol–water partition coefficient (Wildman–Crippen LogP) is 3.90. The molecule has 0 aliphatic heterocycles. The summed E-state index contributed by atoms with van der Waals surface area (Å²) < 4.78 is 2.11. The number of benzene rings is 1. The summed E-state index contributed by atoms with van der Waals surface area (Å²) >= 11 is 5.68. The van der Waals surface area contributed by atoms with Gasteiger partial charge < -0.3 is 5.32 Å². The molecule has 5 heteroatoms. The first kappa shape index (κ1) is 11.8. The van der Waals surface area contributed by atoms with Crippen LogP contribution in [-0.4, -0.2) is 9.97 Å². The molecule has 0 aliphatic rings. The molecule has 3 nitrogen and oxygen atoms in total. The minimum atomic E-state index is 0.831. The van der Waals surface area contributed by atoms with Crippen molar-refractivity contribution < 1.29 is 0 Å². The average molecular weight is 390 g/mol. The van der Waals surface area contributed by atoms with Crippen molar-refractivity contribution in [1.82, 2.24) is 9.97 Å². The van der Waals surface area contributed by atoms with Crippen LogP contribution in [0.4, 0.5) is 11.5 Å². The molecular formula is C11H9BrIN3. The summed E-state index contributed by atoms with van der Waals surface area (Å²) in [7, 11) is 0. The Morgan fingerprint density at radius 3 is 2.88 bits per heavy atom. The van der Waals surface area contributed by atoms with E-state index >= 15 is 0 Å². The fourth-order valence-electron chi connectivity index (χ4n) is 1.26. The molecule has 0 bridgehead atoms. The molecule has 1 heterocycles. The first-order chi connectivity index (χ1) is 7.66. The van der Waals surface area contributed by atoms with E-state index in [9.17, 15) is 0 Å². The molecule has 0 spiro atoms. The highest BCUT2D eigenvalue weighted by Gasteiger charge is 2.02. The van der Waals surface area contributed by atoms with Crippen LogP contribution >= 0.6 is 38.5 Å². The highest BCUT2D eigenvalue weighted by molar-refractivity contribution is 14.1. The van der Waals surface area contributed by atoms with Crippen LogP contribution in [0.3, 0.4) is 0 Å². The van der Waals surface area contributed by atoms with Gasteiger partial charge in [0.2, 0.25) is 0 Å². The van der Waals surface area contributed by atoms with Gasteiger partial charge in [-0.15, -0.1) is 0 Å². The molecule has 0 fully saturated rings. The number of nitrogens with zero attached hydrogens (tertiary/aromatic N) is 2. The van der Waals surface area contributed by atoms with Crippen LogP contribution in [0.1, 0.15) is 5.56 Å². The Morgan fingerprint density at radius 1 is 1.38 bits per heavy atom. The second-order valence-corrected chi connectivity index (χ2v) is 5.32. The average Bonchev–Trinajstić information content (AvgIpc) is 2.27. The number of rotatable bonds is 2. The van der Waals surface area contributed by atoms with Crippen molar-refractivity contribution in [2.24, 2.45) is 0 Å². The summed E-state index contributed by atoms with van der Waals surface area (Å²) in [6.45, 7) is 2.06. The van der Waals surface area contributed by atoms with Crippen LogP contribution in [0.25, 0.3) is 0 Å². The van der Waals surface area contributed by atoms with Gasteiger partial charge in [0.05, 0.1) is 3.57 Å². The Balaban J connectivity index is 2.28. The molecule has 0 saturated carbocycles. The third-order valence-corrected chi connectivity index (χ3v) is 3.77. The van der Waals surface area contributed by atoms with E-state index in [1.54, 1.807) is 6.20 Å². The highest BCUT2D eigenvalue weighted by atomic mass is 127. The molecule has 2 rings (SSSR count). The third-order valence-electron chi connectivity index (χ3n) is 2.09. The molecule has 16 heavy (non-hydrogen) atoms. The summed E-state index contributed by atoms with van der Waals surface area (Å²) in [5.41, 5.74) is 2.21. The second kappa shape index (κ2) is 5.09. The van der Waals surface area contributed by atoms with Crippen molar-refractivity contribution in [1.29, 1.82) is 0 Å². The maximum absolute atomic E-state index is 4.18. The van der Waals surface area contributed by atoms with E-state index in [4.69, 9.17) is 0 Å². The summed E-state index contributed by atoms with van der Waals surface area (Å²) in [5.74, 6) is 0.831. The zero-order chi connectivity index (χ0) is 11.5. The number of hydrogen-bond acceptors (Lipinski definition) is 3. The first-order valence-corrected chi connectivity index (χ1v) is 6.52. The largest absolute Gasteiger partial charge is 0.339 e. The van der Waals surface area contributed by atoms with Crippen LogP contribution < -0.4 is 5.32 Å². The van der Waals surface area contributed by atoms with E-state index < -0.39 is 0 Å². The molecule has 82 valence electrons. The predicted molar refractivity (Wildman–Crippen MR) is 76.9 cm³/mol. The van der Waals surface area contributed by atoms with Gasteiger partial charge in [-0.05, 0) is 53.3 Å². The third kappa shape index (κ3) is 2.70. The lowest BCUT2D eigenvalue weighted by atomic mass is 10.2. The van der Waals surface area contributed by atoms with E-state index in [2.05, 4.69) is 66.8 Å². The van der Waals surface area contributed by atoms with Crippen molar-refractivity contribution in [3.05, 3.63) is 44.3 Å². The van der Waals surface area contributed by atoms with Gasteiger partial charge in [-0.2, -0.15) is 0 Å². The second-order valence-electron chi connectivity index (χ2n) is 3.31. The molecular weight excluding hydrogens is 381 g/mol. The van der Waals surface area contributed by atoms with E-state index in [0.29, 0.717) is 0 Å². The smallest absolute Gasteiger partial charge is 0.147 e. The van der Waals surface area contributed by atoms with Gasteiger partial charge >= 0.3 is 0 Å². The summed E-state index contributed by atoms with van der Waals surface area (Å²) in [6.07, 6.45) is 3.32. The van der Waals surface area contributed by atoms with Gasteiger partial charge in [0.1, 0.15) is 12.1 Å². The van der Waals surface area contributed by atoms with E-state index in [1.165, 1.54) is 11.9 Å². The molecule has 0 amide bonds. The standard InChI is InChI=1S/C11H9BrIN3/c1-7-4-8(2-3-9(7)12)16-11-10(13)5-14-6-15-11/h2-6H,1H3,(H,14,15,16). The lowest BCUT2D eigenvalue weighted by Crippen LogP contribution is -1.97. The lowest BCUT2D eigenvalue weighted by molar-refractivity contribution is 1.15. The van der Waals surface area contributed by atoms with Crippen LogP contribution in [0.2, 0.25) is 0 Å². The highest BCUT2D eigenvalue weighted by Crippen LogP contribution is 2.23. The van der Waals surface area contributed by atoms with E-state index in [0.717, 1.165) is 19.5 Å². The molecule has 1 aromatic heterocycles. The van der Waals surface area contributed by atoms with Crippen molar-refractivity contribution in [3.63, 3.8) is 0 Å². The summed E-state index contributed by atoms with van der Waals surface area (Å²) in [4.78, 5) is 8.14. The van der Waals surface area contributed by atoms with Crippen LogP contribution in [-0.2, 0) is 0 Å². The number of aryl methyl sites for hydroxylation is 1. The van der Waals surface area contributed by atoms with Crippen molar-refractivity contribution in [2.45, 2.75) is 6.92 Å². The fourth-order valence-corrected chi connectivity index (χ4v) is 1.95. The van der Waals surface area contributed by atoms with E-state index in [-0.39, 0.29) is 0 Å². The Hall–Kier alpha value is -0.690. The van der Waals surface area contributed by atoms with Crippen LogP contribution in [0.15, 0.2) is 35.2 Å². The minimum Gasteiger partial charge on any atom is -0.339 e. The van der Waals surface area contributed by atoms with Crippen LogP contribution in [0, 0.1) is 10.5 Å². The van der Waals surface area contributed by atoms with Crippen molar-refractivity contribution in [3.8, 4) is 0 Å². The van der Waals surface area contributed by atoms with Gasteiger partial charge in [0, 0.05) is 16.4 Å². The summed E-state index contributed by atoms with van der Waals surface area (Å²) in [6, 6.07) is 6.10. The monoisotopic (exact) mass is 389 g/mol. The minimum absolute atomic E-state index is 0.831. The zero-order valence-corrected chi connectivity index (χ0v) is 12.3. The molecule has 2 aromatic rings. The summed E-state index contributed by atoms with van der Waals surface area (Å²) in [5, 5.41) is 3.26. The Morgan fingerprint density at radius 2 is 2.19 bits per heavy atom. The van der Waals surface area contributed by atoms with Crippen molar-refractivity contribution >= 4 is 50.0 Å². The SMILES string of the molecule is Cc1cc(Nc2ncncc2I)ccc1Br. The number of halogens is 2. The molecule has 0 aliphatic carbocycles. The molecule has 1 N–H and O–H groups in total. The maximum atomic E-state index is 4.18. The van der Waals surface area contributed by atoms with Gasteiger partial charge in [0.15, 0.2) is 0 Å². The first-order valence-electron chi connectivity index (χ1n) is 4.65. The Kier molecular flexibility index (Phi) is 3.75. The quantitative estimate of drug-likeness (QED) is 0.791. The molecule has 0 unspecified atom stereocenters. The van der Waals surface area contributed by atoms with Gasteiger partial charge in [-0.25, -0.2) is 9.97 Å². The number of anilines is 2. The topological polar surface area (TPSA) is 37.8 Å². The zero-order valence-electron chi connectivity index (χ0n) is 8.54. The molecule has 0 atom stereocenters. The number of aromatic nitrogens is 2. The Bertz CT molecular complexity index is 516. The number of nitrogens with one attached hydrogen (secondary N) is 1. The van der Waals surface area contributed by atoms with Gasteiger partial charge in [0.25, 0.3) is 0 Å². The van der Waals surface area contributed by atoms with Gasteiger partial charge in [-0.3, -0.25) is 0 Å². The van der Waals surface area contributed by atoms with Crippen molar-refractivity contribution in [2.75, 3.05) is 5.32 Å². The molecule has 1 aromatic carbocycles. The number of hydrogen-bond donors (Lipinski definition) is 1. The van der Waals surface area contributed by atoms with Gasteiger partial charge in [-0.1, -0.05) is 15.9 Å². The fraction of sp³-hybridized carbons (Fsp3) is 0.0909. The van der Waals surface area contributed by atoms with Crippen LogP contribution in [0.5, 0.6) is 0 Å². The normalized spacial score (nSPS) is 10.2. The van der Waals surface area contributed by atoms with E-state index in [1.807, 2.05) is 12.1 Å².